The van der Waals surface area contributed by atoms with Crippen molar-refractivity contribution in [3.8, 4) is 0 Å². The molecule has 0 amide bonds. The minimum atomic E-state index is -4.46. The Hall–Kier alpha value is -1.56. The fraction of sp³-hybridized carbons (Fsp3) is 0.562. The number of alkyl halides is 3. The number of halogens is 3. The van der Waals surface area contributed by atoms with Gasteiger partial charge < -0.3 is 10.4 Å². The number of aliphatic carboxylic acids is 1. The Morgan fingerprint density at radius 1 is 1.27 bits per heavy atom. The first kappa shape index (κ1) is 16.8. The molecule has 22 heavy (non-hydrogen) atoms. The molecule has 1 aromatic rings. The van der Waals surface area contributed by atoms with Crippen LogP contribution in [-0.2, 0) is 11.2 Å². The Balaban J connectivity index is 2.43. The zero-order chi connectivity index (χ0) is 16.4. The van der Waals surface area contributed by atoms with E-state index >= 15 is 0 Å². The Bertz CT molecular complexity index is 518. The second-order valence-corrected chi connectivity index (χ2v) is 5.88. The predicted octanol–water partition coefficient (Wildman–Crippen LogP) is 3.11. The van der Waals surface area contributed by atoms with Crippen molar-refractivity contribution in [2.45, 2.75) is 25.9 Å². The van der Waals surface area contributed by atoms with Gasteiger partial charge in [0, 0.05) is 12.5 Å². The number of carbonyl (C=O) groups is 1. The molecule has 0 bridgehead atoms. The van der Waals surface area contributed by atoms with Crippen molar-refractivity contribution < 1.29 is 23.1 Å². The highest BCUT2D eigenvalue weighted by molar-refractivity contribution is 5.71. The van der Waals surface area contributed by atoms with Gasteiger partial charge in [-0.3, -0.25) is 4.79 Å². The lowest BCUT2D eigenvalue weighted by atomic mass is 9.65. The minimum absolute atomic E-state index is 0.0805. The third kappa shape index (κ3) is 2.97. The number of hydrogen-bond acceptors (Lipinski definition) is 2. The van der Waals surface area contributed by atoms with E-state index in [4.69, 9.17) is 0 Å². The molecule has 0 aliphatic carbocycles. The molecule has 0 saturated carbocycles. The first-order chi connectivity index (χ1) is 10.3. The van der Waals surface area contributed by atoms with Crippen molar-refractivity contribution in [1.29, 1.82) is 0 Å². The standard InChI is InChI=1S/C16H20F3NO2/c1-2-15(16(17,18)19,8-11-6-4-3-5-7-11)13-10-20-9-12(13)14(21)22/h3-7,12-13,20H,2,8-10H2,1H3,(H,21,22). The summed E-state index contributed by atoms with van der Waals surface area (Å²) in [4.78, 5) is 11.3. The number of hydrogen-bond donors (Lipinski definition) is 2. The maximum atomic E-state index is 13.9. The van der Waals surface area contributed by atoms with Gasteiger partial charge in [0.25, 0.3) is 0 Å². The minimum Gasteiger partial charge on any atom is -0.481 e. The van der Waals surface area contributed by atoms with Crippen LogP contribution in [0.4, 0.5) is 13.2 Å². The largest absolute Gasteiger partial charge is 0.481 e. The monoisotopic (exact) mass is 315 g/mol. The highest BCUT2D eigenvalue weighted by atomic mass is 19.4. The third-order valence-corrected chi connectivity index (χ3v) is 4.80. The second kappa shape index (κ2) is 6.28. The summed E-state index contributed by atoms with van der Waals surface area (Å²) in [6, 6.07) is 8.48. The van der Waals surface area contributed by atoms with E-state index in [-0.39, 0.29) is 25.9 Å². The second-order valence-electron chi connectivity index (χ2n) is 5.88. The number of carboxylic acid groups (broad SMARTS) is 1. The Labute approximate surface area is 127 Å². The summed E-state index contributed by atoms with van der Waals surface area (Å²) in [7, 11) is 0. The topological polar surface area (TPSA) is 49.3 Å². The lowest BCUT2D eigenvalue weighted by Gasteiger charge is -2.41. The summed E-state index contributed by atoms with van der Waals surface area (Å²) in [5.74, 6) is -3.13. The van der Waals surface area contributed by atoms with Crippen LogP contribution < -0.4 is 5.32 Å². The van der Waals surface area contributed by atoms with E-state index < -0.39 is 29.4 Å². The van der Waals surface area contributed by atoms with E-state index in [1.165, 1.54) is 6.92 Å². The molecular weight excluding hydrogens is 295 g/mol. The average Bonchev–Trinajstić information content (AvgIpc) is 2.94. The molecule has 3 unspecified atom stereocenters. The van der Waals surface area contributed by atoms with Gasteiger partial charge in [0.1, 0.15) is 0 Å². The van der Waals surface area contributed by atoms with E-state index in [1.807, 2.05) is 0 Å². The quantitative estimate of drug-likeness (QED) is 0.878. The maximum Gasteiger partial charge on any atom is 0.395 e. The van der Waals surface area contributed by atoms with Crippen LogP contribution in [0.25, 0.3) is 0 Å². The van der Waals surface area contributed by atoms with Gasteiger partial charge in [-0.2, -0.15) is 13.2 Å². The van der Waals surface area contributed by atoms with Gasteiger partial charge >= 0.3 is 12.1 Å². The van der Waals surface area contributed by atoms with Gasteiger partial charge in [0.2, 0.25) is 0 Å². The van der Waals surface area contributed by atoms with Crippen molar-refractivity contribution in [2.24, 2.45) is 17.3 Å². The van der Waals surface area contributed by atoms with Crippen LogP contribution in [0.5, 0.6) is 0 Å². The predicted molar refractivity (Wildman–Crippen MR) is 76.4 cm³/mol. The molecule has 1 aromatic carbocycles. The fourth-order valence-corrected chi connectivity index (χ4v) is 3.51. The van der Waals surface area contributed by atoms with Crippen molar-refractivity contribution in [2.75, 3.05) is 13.1 Å². The normalized spacial score (nSPS) is 24.9. The van der Waals surface area contributed by atoms with Gasteiger partial charge in [-0.05, 0) is 24.9 Å². The van der Waals surface area contributed by atoms with Crippen LogP contribution in [0.3, 0.4) is 0 Å². The molecule has 0 aromatic heterocycles. The first-order valence-electron chi connectivity index (χ1n) is 7.36. The fourth-order valence-electron chi connectivity index (χ4n) is 3.51. The molecule has 1 aliphatic rings. The molecule has 1 fully saturated rings. The number of rotatable bonds is 5. The molecule has 3 atom stereocenters. The van der Waals surface area contributed by atoms with E-state index in [0.29, 0.717) is 5.56 Å². The first-order valence-corrected chi connectivity index (χ1v) is 7.36. The van der Waals surface area contributed by atoms with Gasteiger partial charge in [0.05, 0.1) is 11.3 Å². The van der Waals surface area contributed by atoms with E-state index in [0.717, 1.165) is 0 Å². The van der Waals surface area contributed by atoms with Crippen molar-refractivity contribution in [1.82, 2.24) is 5.32 Å². The molecule has 3 nitrogen and oxygen atoms in total. The lowest BCUT2D eigenvalue weighted by Crippen LogP contribution is -2.49. The highest BCUT2D eigenvalue weighted by Gasteiger charge is 2.61. The van der Waals surface area contributed by atoms with Crippen LogP contribution in [-0.4, -0.2) is 30.3 Å². The summed E-state index contributed by atoms with van der Waals surface area (Å²) in [6.07, 6.45) is -4.78. The van der Waals surface area contributed by atoms with E-state index in [9.17, 15) is 23.1 Å². The van der Waals surface area contributed by atoms with Crippen LogP contribution in [0.15, 0.2) is 30.3 Å². The van der Waals surface area contributed by atoms with Crippen molar-refractivity contribution >= 4 is 5.97 Å². The van der Waals surface area contributed by atoms with E-state index in [1.54, 1.807) is 30.3 Å². The van der Waals surface area contributed by atoms with Crippen LogP contribution in [0, 0.1) is 17.3 Å². The molecule has 1 saturated heterocycles. The average molecular weight is 315 g/mol. The molecular formula is C16H20F3NO2. The summed E-state index contributed by atoms with van der Waals surface area (Å²) in [5.41, 5.74) is -1.45. The molecule has 2 rings (SSSR count). The zero-order valence-electron chi connectivity index (χ0n) is 12.4. The van der Waals surface area contributed by atoms with Gasteiger partial charge in [-0.15, -0.1) is 0 Å². The Morgan fingerprint density at radius 3 is 2.41 bits per heavy atom. The van der Waals surface area contributed by atoms with E-state index in [2.05, 4.69) is 5.32 Å². The third-order valence-electron chi connectivity index (χ3n) is 4.80. The molecule has 0 spiro atoms. The summed E-state index contributed by atoms with van der Waals surface area (Å²) < 4.78 is 41.8. The summed E-state index contributed by atoms with van der Waals surface area (Å²) >= 11 is 0. The SMILES string of the molecule is CCC(Cc1ccccc1)(C1CNCC1C(=O)O)C(F)(F)F. The van der Waals surface area contributed by atoms with Gasteiger partial charge in [0.15, 0.2) is 0 Å². The number of carboxylic acids is 1. The Morgan fingerprint density at radius 2 is 1.91 bits per heavy atom. The van der Waals surface area contributed by atoms with Crippen LogP contribution in [0.2, 0.25) is 0 Å². The van der Waals surface area contributed by atoms with Gasteiger partial charge in [-0.25, -0.2) is 0 Å². The summed E-state index contributed by atoms with van der Waals surface area (Å²) in [6.45, 7) is 1.66. The van der Waals surface area contributed by atoms with Crippen LogP contribution >= 0.6 is 0 Å². The van der Waals surface area contributed by atoms with Gasteiger partial charge in [-0.1, -0.05) is 37.3 Å². The smallest absolute Gasteiger partial charge is 0.395 e. The molecule has 1 aliphatic heterocycles. The molecule has 1 heterocycles. The Kier molecular flexibility index (Phi) is 4.80. The van der Waals surface area contributed by atoms with Crippen LogP contribution in [0.1, 0.15) is 18.9 Å². The maximum absolute atomic E-state index is 13.9. The molecule has 122 valence electrons. The lowest BCUT2D eigenvalue weighted by molar-refractivity contribution is -0.247. The summed E-state index contributed by atoms with van der Waals surface area (Å²) in [5, 5.41) is 12.1. The number of nitrogens with one attached hydrogen (secondary N) is 1. The van der Waals surface area contributed by atoms with Crippen molar-refractivity contribution in [3.05, 3.63) is 35.9 Å². The molecule has 0 radical (unpaired) electrons. The van der Waals surface area contributed by atoms with Crippen molar-refractivity contribution in [3.63, 3.8) is 0 Å². The zero-order valence-corrected chi connectivity index (χ0v) is 12.4. The highest BCUT2D eigenvalue weighted by Crippen LogP contribution is 2.52. The molecule has 6 heteroatoms. The number of benzene rings is 1. The molecule has 2 N–H and O–H groups in total.